The number of carbonyl (C=O) groups is 1. The van der Waals surface area contributed by atoms with Gasteiger partial charge in [0.1, 0.15) is 0 Å². The van der Waals surface area contributed by atoms with Crippen LogP contribution in [-0.2, 0) is 21.5 Å². The lowest BCUT2D eigenvalue weighted by Gasteiger charge is -2.13. The monoisotopic (exact) mass is 326 g/mol. The number of benzene rings is 3. The lowest BCUT2D eigenvalue weighted by molar-refractivity contribution is -0.118. The normalized spacial score (nSPS) is 17.7. The van der Waals surface area contributed by atoms with E-state index in [-0.39, 0.29) is 13.1 Å². The molecule has 1 fully saturated rings. The molecule has 0 aromatic heterocycles. The highest BCUT2D eigenvalue weighted by Gasteiger charge is 2.33. The van der Waals surface area contributed by atoms with Gasteiger partial charge in [0.15, 0.2) is 0 Å². The molecule has 1 heterocycles. The van der Waals surface area contributed by atoms with Gasteiger partial charge in [0, 0.05) is 6.54 Å². The van der Waals surface area contributed by atoms with Crippen molar-refractivity contribution in [1.82, 2.24) is 9.03 Å². The largest absolute Gasteiger partial charge is 0.304 e. The maximum Gasteiger partial charge on any atom is 0.304 e. The van der Waals surface area contributed by atoms with Gasteiger partial charge in [-0.15, -0.1) is 0 Å². The van der Waals surface area contributed by atoms with Crippen LogP contribution in [0.25, 0.3) is 21.5 Å². The molecule has 0 bridgehead atoms. The Morgan fingerprint density at radius 2 is 1.57 bits per heavy atom. The summed E-state index contributed by atoms with van der Waals surface area (Å²) in [4.78, 5) is 11.3. The van der Waals surface area contributed by atoms with E-state index in [1.54, 1.807) is 0 Å². The SMILES string of the molecule is O=C1CN(Cc2ccc3cc4ccccc4cc3c2)S(=O)(=O)N1. The predicted molar refractivity (Wildman–Crippen MR) is 88.9 cm³/mol. The summed E-state index contributed by atoms with van der Waals surface area (Å²) in [6, 6.07) is 18.2. The van der Waals surface area contributed by atoms with Crippen LogP contribution in [0.5, 0.6) is 0 Å². The van der Waals surface area contributed by atoms with Crippen molar-refractivity contribution in [3.8, 4) is 0 Å². The molecule has 0 aliphatic carbocycles. The van der Waals surface area contributed by atoms with E-state index in [2.05, 4.69) is 24.3 Å². The molecule has 0 unspecified atom stereocenters. The van der Waals surface area contributed by atoms with Gasteiger partial charge in [-0.1, -0.05) is 36.4 Å². The highest BCUT2D eigenvalue weighted by molar-refractivity contribution is 7.88. The first-order valence-corrected chi connectivity index (χ1v) is 8.67. The van der Waals surface area contributed by atoms with Gasteiger partial charge < -0.3 is 0 Å². The minimum absolute atomic E-state index is 0.127. The van der Waals surface area contributed by atoms with Crippen molar-refractivity contribution in [3.63, 3.8) is 0 Å². The van der Waals surface area contributed by atoms with Crippen LogP contribution in [0.2, 0.25) is 0 Å². The van der Waals surface area contributed by atoms with Gasteiger partial charge in [0.05, 0.1) is 6.54 Å². The Labute approximate surface area is 133 Å². The number of carbonyl (C=O) groups excluding carboxylic acids is 1. The van der Waals surface area contributed by atoms with Crippen LogP contribution in [0.4, 0.5) is 0 Å². The van der Waals surface area contributed by atoms with Crippen LogP contribution >= 0.6 is 0 Å². The lowest BCUT2D eigenvalue weighted by atomic mass is 10.0. The standard InChI is InChI=1S/C17H14N2O3S/c20-17-11-19(23(21,22)18-17)10-12-5-6-15-8-13-3-1-2-4-14(13)9-16(15)7-12/h1-9H,10-11H2,(H,18,20). The van der Waals surface area contributed by atoms with Gasteiger partial charge in [0.2, 0.25) is 5.91 Å². The summed E-state index contributed by atoms with van der Waals surface area (Å²) in [6.07, 6.45) is 0. The third-order valence-corrected chi connectivity index (χ3v) is 5.45. The molecule has 0 spiro atoms. The van der Waals surface area contributed by atoms with Crippen molar-refractivity contribution in [2.75, 3.05) is 6.54 Å². The molecule has 1 amide bonds. The molecule has 116 valence electrons. The van der Waals surface area contributed by atoms with Gasteiger partial charge in [0.25, 0.3) is 0 Å². The summed E-state index contributed by atoms with van der Waals surface area (Å²) >= 11 is 0. The van der Waals surface area contributed by atoms with E-state index < -0.39 is 16.1 Å². The minimum atomic E-state index is -3.69. The van der Waals surface area contributed by atoms with Gasteiger partial charge in [-0.2, -0.15) is 12.7 Å². The molecule has 4 rings (SSSR count). The summed E-state index contributed by atoms with van der Waals surface area (Å²) in [5.74, 6) is -0.489. The molecule has 23 heavy (non-hydrogen) atoms. The van der Waals surface area contributed by atoms with Gasteiger partial charge >= 0.3 is 10.2 Å². The smallest absolute Gasteiger partial charge is 0.272 e. The van der Waals surface area contributed by atoms with Crippen LogP contribution in [0.1, 0.15) is 5.56 Å². The molecule has 3 aromatic carbocycles. The highest BCUT2D eigenvalue weighted by atomic mass is 32.2. The lowest BCUT2D eigenvalue weighted by Crippen LogP contribution is -2.29. The number of hydrogen-bond acceptors (Lipinski definition) is 3. The molecule has 1 N–H and O–H groups in total. The number of nitrogens with zero attached hydrogens (tertiary/aromatic N) is 1. The molecular formula is C17H14N2O3S. The summed E-state index contributed by atoms with van der Waals surface area (Å²) in [6.45, 7) is 0.0575. The van der Waals surface area contributed by atoms with Crippen LogP contribution in [0.15, 0.2) is 54.6 Å². The second kappa shape index (κ2) is 5.04. The van der Waals surface area contributed by atoms with Crippen molar-refractivity contribution in [3.05, 3.63) is 60.2 Å². The Kier molecular flexibility index (Phi) is 3.11. The average molecular weight is 326 g/mol. The summed E-state index contributed by atoms with van der Waals surface area (Å²) in [5, 5.41) is 4.47. The molecule has 0 saturated carbocycles. The van der Waals surface area contributed by atoms with E-state index in [1.807, 2.05) is 35.1 Å². The van der Waals surface area contributed by atoms with Gasteiger partial charge in [-0.05, 0) is 45.3 Å². The summed E-state index contributed by atoms with van der Waals surface area (Å²) in [7, 11) is -3.69. The molecule has 3 aromatic rings. The fourth-order valence-electron chi connectivity index (χ4n) is 2.92. The quantitative estimate of drug-likeness (QED) is 0.734. The number of nitrogens with one attached hydrogen (secondary N) is 1. The maximum absolute atomic E-state index is 11.8. The third-order valence-electron chi connectivity index (χ3n) is 4.03. The van der Waals surface area contributed by atoms with E-state index in [0.717, 1.165) is 26.0 Å². The zero-order chi connectivity index (χ0) is 16.0. The first-order chi connectivity index (χ1) is 11.0. The zero-order valence-electron chi connectivity index (χ0n) is 12.2. The van der Waals surface area contributed by atoms with Crippen LogP contribution in [0.3, 0.4) is 0 Å². The van der Waals surface area contributed by atoms with Crippen molar-refractivity contribution in [2.45, 2.75) is 6.54 Å². The number of hydrogen-bond donors (Lipinski definition) is 1. The van der Waals surface area contributed by atoms with E-state index in [9.17, 15) is 13.2 Å². The van der Waals surface area contributed by atoms with Crippen LogP contribution < -0.4 is 4.72 Å². The average Bonchev–Trinajstić information content (AvgIpc) is 2.77. The first-order valence-electron chi connectivity index (χ1n) is 7.23. The highest BCUT2D eigenvalue weighted by Crippen LogP contribution is 2.24. The number of rotatable bonds is 2. The molecule has 5 nitrogen and oxygen atoms in total. The van der Waals surface area contributed by atoms with Crippen molar-refractivity contribution >= 4 is 37.7 Å². The van der Waals surface area contributed by atoms with Gasteiger partial charge in [-0.25, -0.2) is 4.72 Å². The summed E-state index contributed by atoms with van der Waals surface area (Å²) < 4.78 is 26.8. The molecular weight excluding hydrogens is 312 g/mol. The Morgan fingerprint density at radius 3 is 2.22 bits per heavy atom. The van der Waals surface area contributed by atoms with E-state index >= 15 is 0 Å². The van der Waals surface area contributed by atoms with Crippen molar-refractivity contribution in [2.24, 2.45) is 0 Å². The second-order valence-electron chi connectivity index (χ2n) is 5.68. The topological polar surface area (TPSA) is 66.5 Å². The molecule has 0 atom stereocenters. The Morgan fingerprint density at radius 1 is 0.913 bits per heavy atom. The first kappa shape index (κ1) is 14.2. The fourth-order valence-corrected chi connectivity index (χ4v) is 4.01. The van der Waals surface area contributed by atoms with Crippen LogP contribution in [-0.4, -0.2) is 25.2 Å². The Hall–Kier alpha value is -2.44. The number of amides is 1. The third kappa shape index (κ3) is 2.56. The van der Waals surface area contributed by atoms with Crippen LogP contribution in [0, 0.1) is 0 Å². The van der Waals surface area contributed by atoms with Crippen molar-refractivity contribution < 1.29 is 13.2 Å². The maximum atomic E-state index is 11.8. The number of fused-ring (bicyclic) bond motifs is 2. The molecule has 0 radical (unpaired) electrons. The van der Waals surface area contributed by atoms with E-state index in [1.165, 1.54) is 5.39 Å². The molecule has 1 aliphatic heterocycles. The van der Waals surface area contributed by atoms with E-state index in [4.69, 9.17) is 0 Å². The summed E-state index contributed by atoms with van der Waals surface area (Å²) in [5.41, 5.74) is 0.854. The molecule has 6 heteroatoms. The second-order valence-corrected chi connectivity index (χ2v) is 7.35. The Bertz CT molecular complexity index is 1040. The minimum Gasteiger partial charge on any atom is -0.272 e. The zero-order valence-corrected chi connectivity index (χ0v) is 13.0. The van der Waals surface area contributed by atoms with Gasteiger partial charge in [-0.3, -0.25) is 4.79 Å². The molecule has 1 aliphatic rings. The fraction of sp³-hybridized carbons (Fsp3) is 0.118. The predicted octanol–water partition coefficient (Wildman–Crippen LogP) is 2.17. The van der Waals surface area contributed by atoms with E-state index in [0.29, 0.717) is 0 Å². The Balaban J connectivity index is 1.74. The molecule has 1 saturated heterocycles. The van der Waals surface area contributed by atoms with Crippen molar-refractivity contribution in [1.29, 1.82) is 0 Å².